The molecule has 0 rings (SSSR count). The zero-order valence-electron chi connectivity index (χ0n) is 55.1. The molecule has 0 heterocycles. The molecule has 0 aliphatic heterocycles. The first-order chi connectivity index (χ1) is 40.9. The van der Waals surface area contributed by atoms with E-state index in [1.165, 1.54) is 109 Å². The Kier molecular flexibility index (Phi) is 59.8. The lowest BCUT2D eigenvalue weighted by molar-refractivity contribution is -0.870. The van der Waals surface area contributed by atoms with Crippen LogP contribution in [0.3, 0.4) is 0 Å². The lowest BCUT2D eigenvalue weighted by Gasteiger charge is -2.27. The van der Waals surface area contributed by atoms with E-state index in [-0.39, 0.29) is 31.5 Å². The van der Waals surface area contributed by atoms with Gasteiger partial charge in [-0.25, -0.2) is 4.57 Å². The van der Waals surface area contributed by atoms with Crippen LogP contribution in [0.4, 0.5) is 0 Å². The Morgan fingerprint density at radius 2 is 0.762 bits per heavy atom. The van der Waals surface area contributed by atoms with Gasteiger partial charge in [0.15, 0.2) is 0 Å². The molecule has 482 valence electrons. The summed E-state index contributed by atoms with van der Waals surface area (Å²) in [7, 11) is 1.47. The van der Waals surface area contributed by atoms with E-state index in [2.05, 4.69) is 135 Å². The molecule has 0 saturated heterocycles. The number of hydrogen-bond donors (Lipinski definition) is 2. The number of unbranched alkanes of at least 4 members (excludes halogenated alkanes) is 27. The van der Waals surface area contributed by atoms with Gasteiger partial charge in [0.1, 0.15) is 19.3 Å². The highest BCUT2D eigenvalue weighted by Crippen LogP contribution is 2.43. The number of phosphoric acid groups is 1. The van der Waals surface area contributed by atoms with Gasteiger partial charge in [0, 0.05) is 12.8 Å². The quantitative estimate of drug-likeness (QED) is 0.0205. The molecule has 3 unspecified atom stereocenters. The maximum Gasteiger partial charge on any atom is 0.472 e. The van der Waals surface area contributed by atoms with Crippen LogP contribution in [0, 0.1) is 0 Å². The minimum Gasteiger partial charge on any atom is -0.456 e. The third kappa shape index (κ3) is 62.9. The molecule has 0 fully saturated rings. The summed E-state index contributed by atoms with van der Waals surface area (Å²) in [5, 5.41) is 3.06. The molecular formula is C74H130N2O7P+. The number of nitrogens with one attached hydrogen (secondary N) is 1. The average molecular weight is 1190 g/mol. The molecule has 84 heavy (non-hydrogen) atoms. The minimum absolute atomic E-state index is 0.0296. The maximum atomic E-state index is 13.6. The number of hydrogen-bond acceptors (Lipinski definition) is 6. The molecule has 0 saturated carbocycles. The highest BCUT2D eigenvalue weighted by molar-refractivity contribution is 7.47. The van der Waals surface area contributed by atoms with Crippen LogP contribution < -0.4 is 5.32 Å². The Morgan fingerprint density at radius 3 is 1.17 bits per heavy atom. The maximum absolute atomic E-state index is 13.6. The summed E-state index contributed by atoms with van der Waals surface area (Å²) in [6.07, 6.45) is 87.7. The summed E-state index contributed by atoms with van der Waals surface area (Å²) in [5.41, 5.74) is 0. The van der Waals surface area contributed by atoms with Crippen LogP contribution in [0.15, 0.2) is 122 Å². The lowest BCUT2D eigenvalue weighted by atomic mass is 10.0. The molecule has 0 aromatic rings. The van der Waals surface area contributed by atoms with Gasteiger partial charge in [0.05, 0.1) is 33.8 Å². The molecule has 0 radical (unpaired) electrons. The van der Waals surface area contributed by atoms with Crippen LogP contribution in [0.1, 0.15) is 284 Å². The number of allylic oxidation sites excluding steroid dienone is 19. The van der Waals surface area contributed by atoms with E-state index in [1.54, 1.807) is 0 Å². The largest absolute Gasteiger partial charge is 0.472 e. The van der Waals surface area contributed by atoms with Crippen molar-refractivity contribution in [3.8, 4) is 0 Å². The molecule has 0 aromatic heterocycles. The molecule has 0 spiro atoms. The zero-order chi connectivity index (χ0) is 61.4. The smallest absolute Gasteiger partial charge is 0.456 e. The summed E-state index contributed by atoms with van der Waals surface area (Å²) in [5.74, 6) is -0.536. The second-order valence-corrected chi connectivity index (χ2v) is 25.4. The second-order valence-electron chi connectivity index (χ2n) is 24.0. The van der Waals surface area contributed by atoms with Crippen molar-refractivity contribution in [2.45, 2.75) is 296 Å². The second kappa shape index (κ2) is 62.5. The summed E-state index contributed by atoms with van der Waals surface area (Å²) in [4.78, 5) is 37.9. The van der Waals surface area contributed by atoms with Gasteiger partial charge >= 0.3 is 13.8 Å². The fraction of sp³-hybridized carbons (Fsp3) is 0.703. The average Bonchev–Trinajstić information content (AvgIpc) is 3.64. The van der Waals surface area contributed by atoms with Gasteiger partial charge in [0.25, 0.3) is 0 Å². The summed E-state index contributed by atoms with van der Waals surface area (Å²) in [6, 6.07) is -0.869. The standard InChI is InChI=1S/C74H129N2O7P/c1-7-10-13-16-19-22-25-28-30-32-34-36-37-38-39-41-42-44-46-48-51-54-57-60-63-66-73(77)75-71(70-82-84(79,80)81-69-68-76(4,5)6)72(65-62-59-56-53-50-27-24-21-18-15-12-9-3)83-74(78)67-64-61-58-55-52-49-47-45-43-40-35-33-31-29-26-23-20-17-14-11-8-2/h10,13,19-20,22-23,28-31,34-36,38-40,45,47,62,65,71-72H,7-9,11-12,14-18,21,24-27,32-33,37,41-44,46,48-61,63-64,66-70H2,1-6H3,(H-,75,77,79,80)/p+1/b13-10-,22-19-,23-20-,30-28-,31-29-,36-34-,39-38-,40-35-,47-45-,65-62-. The molecule has 0 aliphatic rings. The van der Waals surface area contributed by atoms with Crippen molar-refractivity contribution in [3.63, 3.8) is 0 Å². The topological polar surface area (TPSA) is 111 Å². The number of carbonyl (C=O) groups excluding carboxylic acids is 2. The van der Waals surface area contributed by atoms with E-state index in [0.29, 0.717) is 23.9 Å². The Balaban J connectivity index is 5.18. The summed E-state index contributed by atoms with van der Waals surface area (Å²) < 4.78 is 30.8. The molecule has 10 heteroatoms. The van der Waals surface area contributed by atoms with Crippen molar-refractivity contribution >= 4 is 19.7 Å². The van der Waals surface area contributed by atoms with Crippen LogP contribution in [0.2, 0.25) is 0 Å². The predicted octanol–water partition coefficient (Wildman–Crippen LogP) is 21.8. The SMILES string of the molecule is CC/C=C\C/C=C\C/C=C\C/C=C\C/C=C\CCCCCCCCCCCC(=O)NC(COP(=O)(O)OCC[N+](C)(C)C)C(/C=C\CCCCCCCCCCCC)OC(=O)CCCCCCC/C=C\C/C=C\C/C=C\C/C=C\CCCCC. The Hall–Kier alpha value is -3.59. The zero-order valence-corrected chi connectivity index (χ0v) is 56.0. The van der Waals surface area contributed by atoms with E-state index in [1.807, 2.05) is 33.3 Å². The highest BCUT2D eigenvalue weighted by atomic mass is 31.2. The third-order valence-electron chi connectivity index (χ3n) is 14.6. The van der Waals surface area contributed by atoms with Gasteiger partial charge in [-0.1, -0.05) is 271 Å². The first kappa shape index (κ1) is 80.4. The minimum atomic E-state index is -4.47. The van der Waals surface area contributed by atoms with Gasteiger partial charge in [-0.05, 0) is 122 Å². The number of likely N-dealkylation sites (N-methyl/N-ethyl adjacent to an activating group) is 1. The molecule has 2 N–H and O–H groups in total. The van der Waals surface area contributed by atoms with Crippen molar-refractivity contribution in [1.82, 2.24) is 5.32 Å². The molecule has 0 aromatic carbocycles. The highest BCUT2D eigenvalue weighted by Gasteiger charge is 2.30. The van der Waals surface area contributed by atoms with Gasteiger partial charge < -0.3 is 19.4 Å². The summed E-state index contributed by atoms with van der Waals surface area (Å²) >= 11 is 0. The summed E-state index contributed by atoms with van der Waals surface area (Å²) in [6.45, 7) is 6.85. The van der Waals surface area contributed by atoms with E-state index >= 15 is 0 Å². The normalized spacial score (nSPS) is 14.3. The van der Waals surface area contributed by atoms with Crippen LogP contribution >= 0.6 is 7.82 Å². The predicted molar refractivity (Wildman–Crippen MR) is 364 cm³/mol. The molecular weight excluding hydrogens is 1060 g/mol. The molecule has 0 aliphatic carbocycles. The van der Waals surface area contributed by atoms with Gasteiger partial charge in [-0.15, -0.1) is 0 Å². The molecule has 9 nitrogen and oxygen atoms in total. The Bertz CT molecular complexity index is 1850. The van der Waals surface area contributed by atoms with Crippen LogP contribution in [0.25, 0.3) is 0 Å². The number of carbonyl (C=O) groups is 2. The van der Waals surface area contributed by atoms with Crippen molar-refractivity contribution < 1.29 is 37.3 Å². The van der Waals surface area contributed by atoms with Crippen molar-refractivity contribution in [2.24, 2.45) is 0 Å². The first-order valence-electron chi connectivity index (χ1n) is 34.4. The van der Waals surface area contributed by atoms with Gasteiger partial charge in [0.2, 0.25) is 5.91 Å². The first-order valence-corrected chi connectivity index (χ1v) is 35.9. The van der Waals surface area contributed by atoms with E-state index in [0.717, 1.165) is 135 Å². The van der Waals surface area contributed by atoms with Gasteiger partial charge in [-0.3, -0.25) is 18.6 Å². The van der Waals surface area contributed by atoms with E-state index < -0.39 is 20.0 Å². The number of ether oxygens (including phenoxy) is 1. The monoisotopic (exact) mass is 1190 g/mol. The van der Waals surface area contributed by atoms with Crippen molar-refractivity contribution in [1.29, 1.82) is 0 Å². The fourth-order valence-electron chi connectivity index (χ4n) is 9.36. The number of nitrogens with zero attached hydrogens (tertiary/aromatic N) is 1. The van der Waals surface area contributed by atoms with Crippen LogP contribution in [-0.4, -0.2) is 74.3 Å². The number of rotatable bonds is 61. The van der Waals surface area contributed by atoms with Gasteiger partial charge in [-0.2, -0.15) is 0 Å². The van der Waals surface area contributed by atoms with E-state index in [4.69, 9.17) is 13.8 Å². The Labute approximate surface area is 518 Å². The lowest BCUT2D eigenvalue weighted by Crippen LogP contribution is -2.47. The van der Waals surface area contributed by atoms with E-state index in [9.17, 15) is 19.0 Å². The third-order valence-corrected chi connectivity index (χ3v) is 15.6. The Morgan fingerprint density at radius 1 is 0.429 bits per heavy atom. The fourth-order valence-corrected chi connectivity index (χ4v) is 10.1. The number of phosphoric ester groups is 1. The van der Waals surface area contributed by atoms with Crippen LogP contribution in [0.5, 0.6) is 0 Å². The number of amides is 1. The van der Waals surface area contributed by atoms with Crippen molar-refractivity contribution in [3.05, 3.63) is 122 Å². The molecule has 0 bridgehead atoms. The number of esters is 1. The van der Waals surface area contributed by atoms with Crippen molar-refractivity contribution in [2.75, 3.05) is 40.9 Å². The molecule has 1 amide bonds. The molecule has 3 atom stereocenters. The van der Waals surface area contributed by atoms with Crippen LogP contribution in [-0.2, 0) is 27.9 Å². The number of quaternary nitrogens is 1.